The van der Waals surface area contributed by atoms with Crippen LogP contribution < -0.4 is 14.8 Å². The van der Waals surface area contributed by atoms with E-state index in [0.717, 1.165) is 17.3 Å². The van der Waals surface area contributed by atoms with Crippen LogP contribution in [0, 0.1) is 0 Å². The van der Waals surface area contributed by atoms with Gasteiger partial charge >= 0.3 is 0 Å². The lowest BCUT2D eigenvalue weighted by molar-refractivity contribution is 0.171. The van der Waals surface area contributed by atoms with Crippen LogP contribution >= 0.6 is 0 Å². The number of hydrogen-bond acceptors (Lipinski definition) is 4. The summed E-state index contributed by atoms with van der Waals surface area (Å²) in [4.78, 5) is 4.09. The Balaban J connectivity index is 2.36. The fourth-order valence-corrected chi connectivity index (χ4v) is 1.09. The number of aromatic nitrogens is 1. The Morgan fingerprint density at radius 3 is 2.83 bits per heavy atom. The molecule has 0 aliphatic carbocycles. The molecule has 4 nitrogen and oxygen atoms in total. The molecular weight excluding hydrogens is 156 g/mol. The monoisotopic (exact) mass is 166 g/mol. The average Bonchev–Trinajstić information content (AvgIpc) is 2.17. The molecule has 4 heteroatoms. The third kappa shape index (κ3) is 1.15. The van der Waals surface area contributed by atoms with E-state index in [-0.39, 0.29) is 0 Å². The van der Waals surface area contributed by atoms with Gasteiger partial charge in [0.1, 0.15) is 19.0 Å². The first-order valence-electron chi connectivity index (χ1n) is 3.83. The van der Waals surface area contributed by atoms with Crippen molar-refractivity contribution in [1.82, 2.24) is 4.98 Å². The van der Waals surface area contributed by atoms with E-state index in [0.29, 0.717) is 13.2 Å². The third-order valence-corrected chi connectivity index (χ3v) is 1.69. The van der Waals surface area contributed by atoms with Gasteiger partial charge in [0.15, 0.2) is 11.5 Å². The van der Waals surface area contributed by atoms with Crippen molar-refractivity contribution in [2.75, 3.05) is 25.6 Å². The van der Waals surface area contributed by atoms with Crippen LogP contribution in [0.3, 0.4) is 0 Å². The maximum atomic E-state index is 5.36. The quantitative estimate of drug-likeness (QED) is 0.673. The summed E-state index contributed by atoms with van der Waals surface area (Å²) < 4.78 is 10.7. The van der Waals surface area contributed by atoms with Crippen LogP contribution in [0.15, 0.2) is 12.3 Å². The molecule has 0 fully saturated rings. The lowest BCUT2D eigenvalue weighted by atomic mass is 10.4. The van der Waals surface area contributed by atoms with Gasteiger partial charge in [-0.05, 0) is 0 Å². The maximum absolute atomic E-state index is 5.36. The number of nitrogens with one attached hydrogen (secondary N) is 1. The fraction of sp³-hybridized carbons (Fsp3) is 0.375. The Hall–Kier alpha value is -1.45. The van der Waals surface area contributed by atoms with Gasteiger partial charge < -0.3 is 14.8 Å². The van der Waals surface area contributed by atoms with Crippen LogP contribution in [0.2, 0.25) is 0 Å². The number of pyridine rings is 1. The second-order valence-electron chi connectivity index (χ2n) is 2.46. The smallest absolute Gasteiger partial charge is 0.179 e. The number of rotatable bonds is 1. The molecule has 0 unspecified atom stereocenters. The Labute approximate surface area is 70.5 Å². The molecule has 2 rings (SSSR count). The Bertz CT molecular complexity index is 288. The summed E-state index contributed by atoms with van der Waals surface area (Å²) in [6, 6.07) is 1.83. The number of hydrogen-bond donors (Lipinski definition) is 1. The van der Waals surface area contributed by atoms with Gasteiger partial charge in [-0.3, -0.25) is 0 Å². The molecule has 64 valence electrons. The van der Waals surface area contributed by atoms with Crippen molar-refractivity contribution in [2.24, 2.45) is 0 Å². The van der Waals surface area contributed by atoms with Gasteiger partial charge in [0.05, 0.1) is 6.20 Å². The van der Waals surface area contributed by atoms with Gasteiger partial charge in [-0.1, -0.05) is 0 Å². The highest BCUT2D eigenvalue weighted by molar-refractivity contribution is 5.48. The summed E-state index contributed by atoms with van der Waals surface area (Å²) in [6.45, 7) is 1.22. The molecule has 0 radical (unpaired) electrons. The summed E-state index contributed by atoms with van der Waals surface area (Å²) in [5, 5.41) is 2.93. The topological polar surface area (TPSA) is 43.4 Å². The van der Waals surface area contributed by atoms with Crippen molar-refractivity contribution in [2.45, 2.75) is 0 Å². The van der Waals surface area contributed by atoms with E-state index in [2.05, 4.69) is 10.3 Å². The number of nitrogens with zero attached hydrogens (tertiary/aromatic N) is 1. The minimum absolute atomic E-state index is 0.605. The van der Waals surface area contributed by atoms with Crippen molar-refractivity contribution < 1.29 is 9.47 Å². The third-order valence-electron chi connectivity index (χ3n) is 1.69. The Morgan fingerprint density at radius 1 is 1.33 bits per heavy atom. The van der Waals surface area contributed by atoms with Crippen molar-refractivity contribution in [3.8, 4) is 11.5 Å². The standard InChI is InChI=1S/C8H10N2O2/c1-9-8-4-6-7(5-10-8)12-3-2-11-6/h4-5H,2-3H2,1H3,(H,9,10). The number of ether oxygens (including phenoxy) is 2. The summed E-state index contributed by atoms with van der Waals surface area (Å²) in [5.74, 6) is 2.28. The molecule has 0 atom stereocenters. The highest BCUT2D eigenvalue weighted by Gasteiger charge is 2.11. The van der Waals surface area contributed by atoms with E-state index in [4.69, 9.17) is 9.47 Å². The molecule has 0 saturated carbocycles. The molecular formula is C8H10N2O2. The lowest BCUT2D eigenvalue weighted by Gasteiger charge is -2.17. The van der Waals surface area contributed by atoms with Crippen LogP contribution in [-0.2, 0) is 0 Å². The largest absolute Gasteiger partial charge is 0.486 e. The molecule has 12 heavy (non-hydrogen) atoms. The van der Waals surface area contributed by atoms with Crippen molar-refractivity contribution in [1.29, 1.82) is 0 Å². The van der Waals surface area contributed by atoms with Crippen molar-refractivity contribution >= 4 is 5.82 Å². The highest BCUT2D eigenvalue weighted by Crippen LogP contribution is 2.30. The molecule has 0 saturated heterocycles. The maximum Gasteiger partial charge on any atom is 0.179 e. The molecule has 1 aromatic heterocycles. The minimum atomic E-state index is 0.605. The van der Waals surface area contributed by atoms with Crippen LogP contribution in [0.4, 0.5) is 5.82 Å². The first-order valence-corrected chi connectivity index (χ1v) is 3.83. The zero-order chi connectivity index (χ0) is 8.39. The van der Waals surface area contributed by atoms with Crippen LogP contribution in [0.1, 0.15) is 0 Å². The van der Waals surface area contributed by atoms with E-state index in [1.165, 1.54) is 0 Å². The number of anilines is 1. The van der Waals surface area contributed by atoms with Crippen molar-refractivity contribution in [3.63, 3.8) is 0 Å². The Kier molecular flexibility index (Phi) is 1.74. The molecule has 2 heterocycles. The van der Waals surface area contributed by atoms with Gasteiger partial charge in [0.25, 0.3) is 0 Å². The summed E-state index contributed by atoms with van der Waals surface area (Å²) in [5.41, 5.74) is 0. The van der Waals surface area contributed by atoms with E-state index >= 15 is 0 Å². The van der Waals surface area contributed by atoms with Crippen LogP contribution in [-0.4, -0.2) is 25.2 Å². The molecule has 1 aliphatic rings. The normalized spacial score (nSPS) is 14.1. The van der Waals surface area contributed by atoms with E-state index in [9.17, 15) is 0 Å². The predicted octanol–water partition coefficient (Wildman–Crippen LogP) is 0.894. The molecule has 1 N–H and O–H groups in total. The van der Waals surface area contributed by atoms with Crippen LogP contribution in [0.5, 0.6) is 11.5 Å². The number of fused-ring (bicyclic) bond motifs is 1. The first-order chi connectivity index (χ1) is 5.90. The minimum Gasteiger partial charge on any atom is -0.486 e. The zero-order valence-electron chi connectivity index (χ0n) is 6.83. The zero-order valence-corrected chi connectivity index (χ0v) is 6.83. The van der Waals surface area contributed by atoms with Gasteiger partial charge in [-0.2, -0.15) is 0 Å². The van der Waals surface area contributed by atoms with Crippen LogP contribution in [0.25, 0.3) is 0 Å². The second-order valence-corrected chi connectivity index (χ2v) is 2.46. The highest BCUT2D eigenvalue weighted by atomic mass is 16.6. The van der Waals surface area contributed by atoms with E-state index in [1.807, 2.05) is 13.1 Å². The van der Waals surface area contributed by atoms with E-state index < -0.39 is 0 Å². The predicted molar refractivity (Wildman–Crippen MR) is 44.8 cm³/mol. The summed E-state index contributed by atoms with van der Waals surface area (Å²) in [6.07, 6.45) is 1.67. The van der Waals surface area contributed by atoms with Gasteiger partial charge in [-0.25, -0.2) is 4.98 Å². The fourth-order valence-electron chi connectivity index (χ4n) is 1.09. The first kappa shape index (κ1) is 7.21. The lowest BCUT2D eigenvalue weighted by Crippen LogP contribution is -2.15. The van der Waals surface area contributed by atoms with Gasteiger partial charge in [0.2, 0.25) is 0 Å². The molecule has 0 amide bonds. The van der Waals surface area contributed by atoms with Gasteiger partial charge in [0, 0.05) is 13.1 Å². The van der Waals surface area contributed by atoms with E-state index in [1.54, 1.807) is 6.20 Å². The molecule has 0 spiro atoms. The molecule has 1 aliphatic heterocycles. The molecule has 1 aromatic rings. The Morgan fingerprint density at radius 2 is 2.08 bits per heavy atom. The summed E-state index contributed by atoms with van der Waals surface area (Å²) in [7, 11) is 1.82. The van der Waals surface area contributed by atoms with Crippen molar-refractivity contribution in [3.05, 3.63) is 12.3 Å². The second kappa shape index (κ2) is 2.89. The average molecular weight is 166 g/mol. The molecule has 0 bridgehead atoms. The molecule has 0 aromatic carbocycles. The summed E-state index contributed by atoms with van der Waals surface area (Å²) >= 11 is 0. The SMILES string of the molecule is CNc1cc2c(cn1)OCCO2. The van der Waals surface area contributed by atoms with Gasteiger partial charge in [-0.15, -0.1) is 0 Å².